The summed E-state index contributed by atoms with van der Waals surface area (Å²) in [5, 5.41) is 80.3. The van der Waals surface area contributed by atoms with Crippen LogP contribution in [-0.4, -0.2) is 122 Å². The van der Waals surface area contributed by atoms with Crippen molar-refractivity contribution >= 4 is 0 Å². The molecule has 8 N–H and O–H groups in total. The van der Waals surface area contributed by atoms with Gasteiger partial charge in [-0.1, -0.05) is 19.3 Å². The molecule has 0 aromatic carbocycles. The molecular weight excluding hydrogens is 416 g/mol. The first-order valence-corrected chi connectivity index (χ1v) is 10.8. The Labute approximate surface area is 181 Å². The average Bonchev–Trinajstić information content (AvgIpc) is 2.77. The minimum atomic E-state index is -1.76. The first kappa shape index (κ1) is 26.8. The van der Waals surface area contributed by atoms with Gasteiger partial charge in [-0.2, -0.15) is 6.42 Å². The van der Waals surface area contributed by atoms with Crippen LogP contribution in [-0.2, 0) is 14.2 Å². The third kappa shape index (κ3) is 6.33. The number of unbranched alkanes of at least 4 members (excludes halogenated alkanes) is 4. The quantitative estimate of drug-likeness (QED) is 0.118. The molecule has 11 nitrogen and oxygen atoms in total. The smallest absolute Gasteiger partial charge is 0.187 e. The Morgan fingerprint density at radius 3 is 1.90 bits per heavy atom. The fourth-order valence-corrected chi connectivity index (χ4v) is 4.07. The third-order valence-electron chi connectivity index (χ3n) is 6.02. The molecule has 184 valence electrons. The first-order chi connectivity index (χ1) is 14.8. The van der Waals surface area contributed by atoms with Crippen LogP contribution in [0.3, 0.4) is 0 Å². The number of aliphatic hydroxyl groups is 8. The summed E-state index contributed by atoms with van der Waals surface area (Å²) < 4.78 is 16.7. The lowest BCUT2D eigenvalue weighted by atomic mass is 9.78. The van der Waals surface area contributed by atoms with Crippen LogP contribution in [0, 0.1) is 12.8 Å². The van der Waals surface area contributed by atoms with Crippen molar-refractivity contribution < 1.29 is 55.1 Å². The van der Waals surface area contributed by atoms with Crippen molar-refractivity contribution in [3.8, 4) is 0 Å². The maximum absolute atomic E-state index is 10.5. The summed E-state index contributed by atoms with van der Waals surface area (Å²) in [4.78, 5) is 0. The van der Waals surface area contributed by atoms with Crippen LogP contribution < -0.4 is 0 Å². The maximum Gasteiger partial charge on any atom is 0.187 e. The van der Waals surface area contributed by atoms with Gasteiger partial charge in [-0.25, -0.2) is 0 Å². The molecule has 2 fully saturated rings. The molecule has 2 rings (SSSR count). The van der Waals surface area contributed by atoms with Crippen molar-refractivity contribution in [2.24, 2.45) is 5.92 Å². The Bertz CT molecular complexity index is 508. The summed E-state index contributed by atoms with van der Waals surface area (Å²) in [6, 6.07) is 0. The molecule has 11 heteroatoms. The van der Waals surface area contributed by atoms with E-state index in [9.17, 15) is 40.9 Å². The molecule has 0 aromatic rings. The normalized spacial score (nSPS) is 43.8. The lowest BCUT2D eigenvalue weighted by molar-refractivity contribution is -0.340. The van der Waals surface area contributed by atoms with E-state index in [4.69, 9.17) is 14.2 Å². The maximum atomic E-state index is 10.5. The summed E-state index contributed by atoms with van der Waals surface area (Å²) in [7, 11) is 0. The molecule has 1 saturated carbocycles. The van der Waals surface area contributed by atoms with E-state index in [1.54, 1.807) is 0 Å². The topological polar surface area (TPSA) is 190 Å². The zero-order chi connectivity index (χ0) is 23.1. The second kappa shape index (κ2) is 12.7. The van der Waals surface area contributed by atoms with Gasteiger partial charge in [-0.3, -0.25) is 0 Å². The third-order valence-corrected chi connectivity index (χ3v) is 6.02. The van der Waals surface area contributed by atoms with Gasteiger partial charge >= 0.3 is 0 Å². The molecule has 0 bridgehead atoms. The van der Waals surface area contributed by atoms with E-state index in [1.165, 1.54) is 0 Å². The van der Waals surface area contributed by atoms with Crippen molar-refractivity contribution in [2.45, 2.75) is 93.3 Å². The zero-order valence-corrected chi connectivity index (χ0v) is 17.5. The molecule has 11 atom stereocenters. The lowest BCUT2D eigenvalue weighted by Gasteiger charge is -2.47. The number of ether oxygens (including phenoxy) is 3. The number of hydrogen-bond acceptors (Lipinski definition) is 11. The van der Waals surface area contributed by atoms with Crippen molar-refractivity contribution in [3.05, 3.63) is 6.92 Å². The largest absolute Gasteiger partial charge is 0.396 e. The van der Waals surface area contributed by atoms with E-state index < -0.39 is 80.4 Å². The van der Waals surface area contributed by atoms with Crippen molar-refractivity contribution in [1.29, 1.82) is 0 Å². The monoisotopic (exact) mass is 453 g/mol. The van der Waals surface area contributed by atoms with E-state index >= 15 is 0 Å². The zero-order valence-electron chi connectivity index (χ0n) is 17.5. The molecule has 1 aliphatic heterocycles. The highest BCUT2D eigenvalue weighted by Crippen LogP contribution is 2.32. The van der Waals surface area contributed by atoms with Crippen molar-refractivity contribution in [3.63, 3.8) is 0 Å². The Kier molecular flexibility index (Phi) is 11.0. The van der Waals surface area contributed by atoms with Gasteiger partial charge in [0.1, 0.15) is 42.7 Å². The molecular formula is C20H37O11-. The van der Waals surface area contributed by atoms with E-state index in [-0.39, 0.29) is 0 Å². The first-order valence-electron chi connectivity index (χ1n) is 10.8. The van der Waals surface area contributed by atoms with Crippen LogP contribution in [0.15, 0.2) is 0 Å². The highest BCUT2D eigenvalue weighted by Gasteiger charge is 2.53. The molecule has 1 heterocycles. The van der Waals surface area contributed by atoms with Gasteiger partial charge in [0.2, 0.25) is 0 Å². The molecule has 2 aliphatic rings. The van der Waals surface area contributed by atoms with E-state index in [0.717, 1.165) is 32.1 Å². The van der Waals surface area contributed by atoms with Crippen LogP contribution in [0.1, 0.15) is 32.1 Å². The van der Waals surface area contributed by atoms with Crippen LogP contribution in [0.4, 0.5) is 0 Å². The number of aliphatic hydroxyl groups excluding tert-OH is 8. The van der Waals surface area contributed by atoms with Crippen molar-refractivity contribution in [1.82, 2.24) is 0 Å². The Morgan fingerprint density at radius 2 is 1.29 bits per heavy atom. The van der Waals surface area contributed by atoms with Gasteiger partial charge < -0.3 is 62.0 Å². The molecule has 0 spiro atoms. The standard InChI is InChI=1S/C20H37O11/c1-2-3-4-5-6-7-29-19-11(9-22)30-20(17(28)16(19)27)31-18-10(8-21)12(23)13(24)14(25)15(18)26/h10-28H,1-9H2/q-1/t10-,11+,12-,13+,14-,15+,16+,17+,18+,19+,20+/m0/s1. The fourth-order valence-electron chi connectivity index (χ4n) is 4.07. The second-order valence-electron chi connectivity index (χ2n) is 8.22. The highest BCUT2D eigenvalue weighted by atomic mass is 16.7. The van der Waals surface area contributed by atoms with Crippen LogP contribution in [0.25, 0.3) is 0 Å². The van der Waals surface area contributed by atoms with Gasteiger partial charge in [0.15, 0.2) is 6.29 Å². The Balaban J connectivity index is 2.00. The predicted molar refractivity (Wildman–Crippen MR) is 105 cm³/mol. The minimum Gasteiger partial charge on any atom is -0.396 e. The second-order valence-corrected chi connectivity index (χ2v) is 8.22. The van der Waals surface area contributed by atoms with E-state index in [1.807, 2.05) is 0 Å². The van der Waals surface area contributed by atoms with Gasteiger partial charge in [0.25, 0.3) is 0 Å². The molecule has 1 saturated heterocycles. The Hall–Kier alpha value is -0.440. The van der Waals surface area contributed by atoms with Crippen LogP contribution >= 0.6 is 0 Å². The van der Waals surface area contributed by atoms with E-state index in [2.05, 4.69) is 6.92 Å². The summed E-state index contributed by atoms with van der Waals surface area (Å²) in [5.41, 5.74) is 0. The summed E-state index contributed by atoms with van der Waals surface area (Å²) in [6.07, 6.45) is -10.4. The molecule has 1 aliphatic carbocycles. The van der Waals surface area contributed by atoms with E-state index in [0.29, 0.717) is 6.61 Å². The van der Waals surface area contributed by atoms with Crippen LogP contribution in [0.2, 0.25) is 0 Å². The van der Waals surface area contributed by atoms with Gasteiger partial charge in [-0.05, 0) is 6.42 Å². The fraction of sp³-hybridized carbons (Fsp3) is 0.950. The van der Waals surface area contributed by atoms with Crippen LogP contribution in [0.5, 0.6) is 0 Å². The SMILES string of the molecule is [CH2-]CCCCCCO[C@H]1[C@H](O)[C@@H](O)[C@@H](O[C@H]2[C@H](O)[C@@H](O)[C@H](O)[C@@H](O)[C@@H]2CO)O[C@@H]1CO. The predicted octanol–water partition coefficient (Wildman–Crippen LogP) is -2.95. The van der Waals surface area contributed by atoms with Gasteiger partial charge in [0, 0.05) is 12.5 Å². The molecule has 31 heavy (non-hydrogen) atoms. The Morgan fingerprint density at radius 1 is 0.677 bits per heavy atom. The highest BCUT2D eigenvalue weighted by molar-refractivity contribution is 5.00. The molecule has 0 unspecified atom stereocenters. The minimum absolute atomic E-state index is 0.293. The summed E-state index contributed by atoms with van der Waals surface area (Å²) in [5.74, 6) is -1.19. The molecule has 0 radical (unpaired) electrons. The molecule has 0 amide bonds. The average molecular weight is 454 g/mol. The summed E-state index contributed by atoms with van der Waals surface area (Å²) in [6.45, 7) is 2.83. The van der Waals surface area contributed by atoms with Crippen molar-refractivity contribution in [2.75, 3.05) is 19.8 Å². The number of hydrogen-bond donors (Lipinski definition) is 8. The van der Waals surface area contributed by atoms with Gasteiger partial charge in [0.05, 0.1) is 25.4 Å². The van der Waals surface area contributed by atoms with Gasteiger partial charge in [-0.15, -0.1) is 0 Å². The number of rotatable bonds is 11. The summed E-state index contributed by atoms with van der Waals surface area (Å²) >= 11 is 0. The molecule has 0 aromatic heterocycles. The lowest BCUT2D eigenvalue weighted by Crippen LogP contribution is -2.66.